The van der Waals surface area contributed by atoms with E-state index >= 15 is 0 Å². The first-order valence-electron chi connectivity index (χ1n) is 4.86. The van der Waals surface area contributed by atoms with Crippen LogP contribution < -0.4 is 4.89 Å². The molecule has 1 aromatic rings. The van der Waals surface area contributed by atoms with Crippen LogP contribution in [0.5, 0.6) is 5.75 Å². The molecule has 1 rings (SSSR count). The molecule has 0 aromatic heterocycles. The van der Waals surface area contributed by atoms with Crippen molar-refractivity contribution in [3.8, 4) is 5.75 Å². The SMILES string of the molecule is C=CC(=O)OOc1cccc(CCC)c1. The summed E-state index contributed by atoms with van der Waals surface area (Å²) >= 11 is 0. The van der Waals surface area contributed by atoms with Crippen molar-refractivity contribution in [3.63, 3.8) is 0 Å². The largest absolute Gasteiger partial charge is 0.378 e. The van der Waals surface area contributed by atoms with E-state index in [0.717, 1.165) is 24.5 Å². The average Bonchev–Trinajstić information content (AvgIpc) is 2.27. The molecule has 80 valence electrons. The third-order valence-electron chi connectivity index (χ3n) is 1.82. The average molecular weight is 206 g/mol. The fraction of sp³-hybridized carbons (Fsp3) is 0.250. The molecule has 1 aromatic carbocycles. The Kier molecular flexibility index (Phi) is 4.41. The molecule has 3 nitrogen and oxygen atoms in total. The van der Waals surface area contributed by atoms with Crippen molar-refractivity contribution in [2.24, 2.45) is 0 Å². The predicted molar refractivity (Wildman–Crippen MR) is 57.4 cm³/mol. The van der Waals surface area contributed by atoms with Gasteiger partial charge in [0.1, 0.15) is 0 Å². The quantitative estimate of drug-likeness (QED) is 0.422. The molecule has 0 N–H and O–H groups in total. The molecular weight excluding hydrogens is 192 g/mol. The highest BCUT2D eigenvalue weighted by molar-refractivity contribution is 5.80. The molecule has 3 heteroatoms. The van der Waals surface area contributed by atoms with E-state index in [1.807, 2.05) is 18.2 Å². The van der Waals surface area contributed by atoms with E-state index in [2.05, 4.69) is 18.4 Å². The molecule has 0 aliphatic carbocycles. The highest BCUT2D eigenvalue weighted by atomic mass is 17.2. The molecule has 0 heterocycles. The second-order valence-corrected chi connectivity index (χ2v) is 3.09. The summed E-state index contributed by atoms with van der Waals surface area (Å²) in [4.78, 5) is 20.0. The van der Waals surface area contributed by atoms with Crippen LogP contribution in [0, 0.1) is 0 Å². The fourth-order valence-electron chi connectivity index (χ4n) is 1.16. The summed E-state index contributed by atoms with van der Waals surface area (Å²) in [5, 5.41) is 0. The topological polar surface area (TPSA) is 35.5 Å². The van der Waals surface area contributed by atoms with Crippen LogP contribution in [0.4, 0.5) is 0 Å². The lowest BCUT2D eigenvalue weighted by atomic mass is 10.1. The molecule has 0 unspecified atom stereocenters. The smallest absolute Gasteiger partial charge is 0.287 e. The van der Waals surface area contributed by atoms with Crippen molar-refractivity contribution in [2.45, 2.75) is 19.8 Å². The van der Waals surface area contributed by atoms with Crippen molar-refractivity contribution >= 4 is 5.97 Å². The van der Waals surface area contributed by atoms with Gasteiger partial charge in [-0.05, 0) is 24.1 Å². The van der Waals surface area contributed by atoms with Crippen molar-refractivity contribution < 1.29 is 14.6 Å². The van der Waals surface area contributed by atoms with E-state index in [9.17, 15) is 4.79 Å². The molecule has 0 atom stereocenters. The number of hydrogen-bond donors (Lipinski definition) is 0. The summed E-state index contributed by atoms with van der Waals surface area (Å²) in [6.07, 6.45) is 3.10. The molecule has 15 heavy (non-hydrogen) atoms. The molecule has 0 radical (unpaired) electrons. The summed E-state index contributed by atoms with van der Waals surface area (Å²) in [5.74, 6) is -0.0768. The van der Waals surface area contributed by atoms with Gasteiger partial charge in [0.25, 0.3) is 0 Å². The van der Waals surface area contributed by atoms with E-state index in [0.29, 0.717) is 5.75 Å². The van der Waals surface area contributed by atoms with Gasteiger partial charge in [-0.25, -0.2) is 9.68 Å². The van der Waals surface area contributed by atoms with Gasteiger partial charge in [0.15, 0.2) is 5.75 Å². The maximum absolute atomic E-state index is 10.7. The summed E-state index contributed by atoms with van der Waals surface area (Å²) in [7, 11) is 0. The van der Waals surface area contributed by atoms with E-state index in [1.54, 1.807) is 6.07 Å². The number of carbonyl (C=O) groups is 1. The second-order valence-electron chi connectivity index (χ2n) is 3.09. The molecule has 0 aliphatic rings. The van der Waals surface area contributed by atoms with Gasteiger partial charge in [-0.1, -0.05) is 32.1 Å². The van der Waals surface area contributed by atoms with Crippen LogP contribution in [-0.4, -0.2) is 5.97 Å². The lowest BCUT2D eigenvalue weighted by Gasteiger charge is -2.04. The predicted octanol–water partition coefficient (Wildman–Crippen LogP) is 2.66. The summed E-state index contributed by atoms with van der Waals surface area (Å²) in [6.45, 7) is 5.37. The maximum atomic E-state index is 10.7. The highest BCUT2D eigenvalue weighted by Crippen LogP contribution is 2.14. The minimum atomic E-state index is -0.601. The van der Waals surface area contributed by atoms with Crippen LogP contribution in [0.2, 0.25) is 0 Å². The minimum absolute atomic E-state index is 0.524. The Morgan fingerprint density at radius 1 is 1.53 bits per heavy atom. The zero-order chi connectivity index (χ0) is 11.1. The summed E-state index contributed by atoms with van der Waals surface area (Å²) in [6, 6.07) is 7.45. The van der Waals surface area contributed by atoms with Gasteiger partial charge >= 0.3 is 5.97 Å². The summed E-state index contributed by atoms with van der Waals surface area (Å²) in [5.41, 5.74) is 1.16. The number of benzene rings is 1. The molecule has 0 spiro atoms. The minimum Gasteiger partial charge on any atom is -0.287 e. The fourth-order valence-corrected chi connectivity index (χ4v) is 1.16. The first kappa shape index (κ1) is 11.3. The molecule has 0 bridgehead atoms. The number of rotatable bonds is 5. The van der Waals surface area contributed by atoms with E-state index in [-0.39, 0.29) is 0 Å². The number of carbonyl (C=O) groups excluding carboxylic acids is 1. The van der Waals surface area contributed by atoms with Crippen LogP contribution in [0.3, 0.4) is 0 Å². The van der Waals surface area contributed by atoms with E-state index in [4.69, 9.17) is 4.89 Å². The first-order valence-corrected chi connectivity index (χ1v) is 4.86. The molecule has 0 saturated carbocycles. The Labute approximate surface area is 89.2 Å². The van der Waals surface area contributed by atoms with Crippen LogP contribution in [0.15, 0.2) is 36.9 Å². The number of aryl methyl sites for hydroxylation is 1. The van der Waals surface area contributed by atoms with Gasteiger partial charge in [-0.15, -0.1) is 0 Å². The molecule has 0 amide bonds. The molecule has 0 fully saturated rings. The van der Waals surface area contributed by atoms with Crippen LogP contribution in [0.1, 0.15) is 18.9 Å². The zero-order valence-electron chi connectivity index (χ0n) is 8.73. The third-order valence-corrected chi connectivity index (χ3v) is 1.82. The Hall–Kier alpha value is -1.77. The van der Waals surface area contributed by atoms with Crippen LogP contribution in [-0.2, 0) is 16.1 Å². The van der Waals surface area contributed by atoms with Crippen molar-refractivity contribution in [2.75, 3.05) is 0 Å². The Bertz CT molecular complexity index is 344. The lowest BCUT2D eigenvalue weighted by molar-refractivity contribution is -0.207. The van der Waals surface area contributed by atoms with Crippen LogP contribution in [0.25, 0.3) is 0 Å². The maximum Gasteiger partial charge on any atom is 0.378 e. The molecule has 0 saturated heterocycles. The lowest BCUT2D eigenvalue weighted by Crippen LogP contribution is -2.04. The van der Waals surface area contributed by atoms with Crippen LogP contribution >= 0.6 is 0 Å². The Morgan fingerprint density at radius 2 is 2.33 bits per heavy atom. The van der Waals surface area contributed by atoms with Gasteiger partial charge in [0, 0.05) is 6.08 Å². The third kappa shape index (κ3) is 3.85. The molecular formula is C12H14O3. The van der Waals surface area contributed by atoms with Gasteiger partial charge < -0.3 is 0 Å². The standard InChI is InChI=1S/C12H14O3/c1-3-6-10-7-5-8-11(9-10)14-15-12(13)4-2/h4-5,7-9H,2-3,6H2,1H3. The van der Waals surface area contributed by atoms with Gasteiger partial charge in [-0.3, -0.25) is 4.89 Å². The summed E-state index contributed by atoms with van der Waals surface area (Å²) < 4.78 is 0. The van der Waals surface area contributed by atoms with Gasteiger partial charge in [-0.2, -0.15) is 0 Å². The van der Waals surface area contributed by atoms with Crippen molar-refractivity contribution in [3.05, 3.63) is 42.5 Å². The van der Waals surface area contributed by atoms with Gasteiger partial charge in [0.05, 0.1) is 0 Å². The Balaban J connectivity index is 2.57. The monoisotopic (exact) mass is 206 g/mol. The van der Waals surface area contributed by atoms with Crippen molar-refractivity contribution in [1.82, 2.24) is 0 Å². The van der Waals surface area contributed by atoms with E-state index in [1.165, 1.54) is 0 Å². The Morgan fingerprint density at radius 3 is 3.00 bits per heavy atom. The zero-order valence-corrected chi connectivity index (χ0v) is 8.73. The second kappa shape index (κ2) is 5.86. The first-order chi connectivity index (χ1) is 7.26. The highest BCUT2D eigenvalue weighted by Gasteiger charge is 2.00. The van der Waals surface area contributed by atoms with Gasteiger partial charge in [0.2, 0.25) is 0 Å². The van der Waals surface area contributed by atoms with Crippen molar-refractivity contribution in [1.29, 1.82) is 0 Å². The molecule has 0 aliphatic heterocycles. The number of hydrogen-bond acceptors (Lipinski definition) is 3. The normalized spacial score (nSPS) is 9.40. The van der Waals surface area contributed by atoms with E-state index < -0.39 is 5.97 Å².